The van der Waals surface area contributed by atoms with Crippen molar-refractivity contribution in [3.63, 3.8) is 0 Å². The number of hydrogen-bond acceptors (Lipinski definition) is 8. The Kier molecular flexibility index (Phi) is 5.35. The van der Waals surface area contributed by atoms with E-state index in [9.17, 15) is 32.4 Å². The topological polar surface area (TPSA) is 164 Å². The number of carbonyl (C=O) groups is 5. The molecule has 11 nitrogen and oxygen atoms in total. The van der Waals surface area contributed by atoms with Crippen molar-refractivity contribution in [1.82, 2.24) is 10.2 Å². The van der Waals surface area contributed by atoms with Crippen LogP contribution in [-0.2, 0) is 38.8 Å². The average molecular weight is 414 g/mol. The van der Waals surface area contributed by atoms with Gasteiger partial charge in [-0.3, -0.25) is 38.7 Å². The van der Waals surface area contributed by atoms with Gasteiger partial charge in [0.15, 0.2) is 0 Å². The summed E-state index contributed by atoms with van der Waals surface area (Å²) < 4.78 is 36.7. The molecule has 1 saturated carbocycles. The molecule has 3 aliphatic rings. The molecule has 2 heterocycles. The van der Waals surface area contributed by atoms with E-state index in [0.29, 0.717) is 25.7 Å². The predicted octanol–water partition coefficient (Wildman–Crippen LogP) is -1.46. The minimum atomic E-state index is -4.93. The molecule has 2 aliphatic heterocycles. The van der Waals surface area contributed by atoms with Crippen LogP contribution >= 0.6 is 0 Å². The Morgan fingerprint density at radius 3 is 2.18 bits per heavy atom. The minimum absolute atomic E-state index is 0.0128. The molecule has 4 amide bonds. The number of nitrogens with one attached hydrogen (secondary N) is 1. The van der Waals surface area contributed by atoms with Gasteiger partial charge in [-0.15, -0.1) is 0 Å². The van der Waals surface area contributed by atoms with E-state index in [-0.39, 0.29) is 24.3 Å². The van der Waals surface area contributed by atoms with Gasteiger partial charge >= 0.3 is 5.97 Å². The van der Waals surface area contributed by atoms with Crippen molar-refractivity contribution in [2.45, 2.75) is 37.0 Å². The Bertz CT molecular complexity index is 853. The minimum Gasteiger partial charge on any atom is -0.450 e. The summed E-state index contributed by atoms with van der Waals surface area (Å²) in [6, 6.07) is 0. The van der Waals surface area contributed by atoms with Gasteiger partial charge in [0.1, 0.15) is 0 Å². The second kappa shape index (κ2) is 7.43. The standard InChI is InChI=1S/C16H18N2O9S/c19-10-5-6-11(20)18(10)7-8-1-3-9(4-2-8)16(23)27-12-13(28(24,25)26)15(22)17-14(12)21/h5-6,8-9,12-13H,1-4,7H2,(H,17,21,22)(H,24,25,26). The normalized spacial score (nSPS) is 30.7. The van der Waals surface area contributed by atoms with Crippen LogP contribution in [0.4, 0.5) is 0 Å². The van der Waals surface area contributed by atoms with E-state index >= 15 is 0 Å². The first-order chi connectivity index (χ1) is 13.1. The van der Waals surface area contributed by atoms with E-state index in [1.54, 1.807) is 5.32 Å². The molecule has 0 aromatic carbocycles. The van der Waals surface area contributed by atoms with Crippen LogP contribution in [0.2, 0.25) is 0 Å². The quantitative estimate of drug-likeness (QED) is 0.311. The Hall–Kier alpha value is -2.60. The summed E-state index contributed by atoms with van der Waals surface area (Å²) >= 11 is 0. The number of imide groups is 2. The highest BCUT2D eigenvalue weighted by Crippen LogP contribution is 2.31. The summed E-state index contributed by atoms with van der Waals surface area (Å²) in [7, 11) is -4.93. The first-order valence-corrected chi connectivity index (χ1v) is 10.1. The molecule has 0 aromatic rings. The molecule has 0 aromatic heterocycles. The Labute approximate surface area is 159 Å². The lowest BCUT2D eigenvalue weighted by molar-refractivity contribution is -0.159. The van der Waals surface area contributed by atoms with Gasteiger partial charge in [0.05, 0.1) is 5.92 Å². The van der Waals surface area contributed by atoms with Gasteiger partial charge in [0, 0.05) is 18.7 Å². The van der Waals surface area contributed by atoms with Crippen molar-refractivity contribution in [2.75, 3.05) is 6.54 Å². The molecule has 2 fully saturated rings. The number of carbonyl (C=O) groups excluding carboxylic acids is 5. The molecule has 1 saturated heterocycles. The molecule has 0 bridgehead atoms. The largest absolute Gasteiger partial charge is 0.450 e. The zero-order chi connectivity index (χ0) is 20.6. The summed E-state index contributed by atoms with van der Waals surface area (Å²) in [5.74, 6) is -4.55. The lowest BCUT2D eigenvalue weighted by atomic mass is 9.81. The maximum Gasteiger partial charge on any atom is 0.309 e. The van der Waals surface area contributed by atoms with E-state index in [0.717, 1.165) is 4.90 Å². The van der Waals surface area contributed by atoms with Crippen LogP contribution < -0.4 is 5.32 Å². The van der Waals surface area contributed by atoms with Crippen LogP contribution in [0.3, 0.4) is 0 Å². The van der Waals surface area contributed by atoms with Crippen molar-refractivity contribution in [3.8, 4) is 0 Å². The zero-order valence-corrected chi connectivity index (χ0v) is 15.4. The number of esters is 1. The highest BCUT2D eigenvalue weighted by atomic mass is 32.2. The van der Waals surface area contributed by atoms with Gasteiger partial charge in [-0.25, -0.2) is 0 Å². The van der Waals surface area contributed by atoms with Crippen molar-refractivity contribution in [1.29, 1.82) is 0 Å². The number of nitrogens with zero attached hydrogens (tertiary/aromatic N) is 1. The van der Waals surface area contributed by atoms with E-state index < -0.39 is 45.2 Å². The van der Waals surface area contributed by atoms with E-state index in [1.807, 2.05) is 0 Å². The van der Waals surface area contributed by atoms with E-state index in [1.165, 1.54) is 12.2 Å². The third-order valence-electron chi connectivity index (χ3n) is 5.12. The zero-order valence-electron chi connectivity index (χ0n) is 14.6. The lowest BCUT2D eigenvalue weighted by Crippen LogP contribution is -2.41. The average Bonchev–Trinajstić information content (AvgIpc) is 3.07. The van der Waals surface area contributed by atoms with Crippen molar-refractivity contribution in [2.24, 2.45) is 11.8 Å². The van der Waals surface area contributed by atoms with Crippen LogP contribution in [0.15, 0.2) is 12.2 Å². The molecule has 0 radical (unpaired) electrons. The van der Waals surface area contributed by atoms with Gasteiger partial charge in [0.2, 0.25) is 11.4 Å². The summed E-state index contributed by atoms with van der Waals surface area (Å²) in [5.41, 5.74) is 0. The fourth-order valence-corrected chi connectivity index (χ4v) is 4.44. The smallest absolute Gasteiger partial charge is 0.309 e. The molecule has 2 atom stereocenters. The van der Waals surface area contributed by atoms with Gasteiger partial charge in [-0.05, 0) is 31.6 Å². The summed E-state index contributed by atoms with van der Waals surface area (Å²) in [4.78, 5) is 59.9. The molecular weight excluding hydrogens is 396 g/mol. The molecular formula is C16H18N2O9S. The number of rotatable bonds is 5. The Morgan fingerprint density at radius 2 is 1.64 bits per heavy atom. The fraction of sp³-hybridized carbons (Fsp3) is 0.562. The maximum absolute atomic E-state index is 12.3. The third-order valence-corrected chi connectivity index (χ3v) is 6.23. The van der Waals surface area contributed by atoms with Gasteiger partial charge in [-0.1, -0.05) is 0 Å². The molecule has 3 rings (SSSR count). The first-order valence-electron chi connectivity index (χ1n) is 8.63. The van der Waals surface area contributed by atoms with Crippen molar-refractivity contribution < 1.29 is 41.7 Å². The van der Waals surface area contributed by atoms with Crippen LogP contribution in [-0.4, -0.2) is 65.4 Å². The summed E-state index contributed by atoms with van der Waals surface area (Å²) in [6.45, 7) is 0.247. The monoisotopic (exact) mass is 414 g/mol. The first kappa shape index (κ1) is 20.1. The number of ether oxygens (including phenoxy) is 1. The van der Waals surface area contributed by atoms with Crippen molar-refractivity contribution >= 4 is 39.7 Å². The van der Waals surface area contributed by atoms with E-state index in [4.69, 9.17) is 9.29 Å². The number of amides is 4. The molecule has 28 heavy (non-hydrogen) atoms. The molecule has 2 N–H and O–H groups in total. The van der Waals surface area contributed by atoms with Crippen LogP contribution in [0, 0.1) is 11.8 Å². The highest BCUT2D eigenvalue weighted by molar-refractivity contribution is 7.87. The summed E-state index contributed by atoms with van der Waals surface area (Å²) in [6.07, 6.45) is 2.22. The second-order valence-electron chi connectivity index (χ2n) is 6.98. The molecule has 0 spiro atoms. The third kappa shape index (κ3) is 3.97. The Morgan fingerprint density at radius 1 is 1.07 bits per heavy atom. The van der Waals surface area contributed by atoms with Crippen molar-refractivity contribution in [3.05, 3.63) is 12.2 Å². The van der Waals surface area contributed by atoms with Gasteiger partial charge < -0.3 is 4.74 Å². The van der Waals surface area contributed by atoms with Crippen LogP contribution in [0.25, 0.3) is 0 Å². The van der Waals surface area contributed by atoms with Crippen LogP contribution in [0.1, 0.15) is 25.7 Å². The number of hydrogen-bond donors (Lipinski definition) is 2. The van der Waals surface area contributed by atoms with E-state index in [2.05, 4.69) is 0 Å². The molecule has 12 heteroatoms. The fourth-order valence-electron chi connectivity index (χ4n) is 3.62. The lowest BCUT2D eigenvalue weighted by Gasteiger charge is -2.30. The molecule has 152 valence electrons. The SMILES string of the molecule is O=C(OC1C(=O)NC(=O)C1S(=O)(=O)O)C1CCC(CN2C(=O)C=CC2=O)CC1. The van der Waals surface area contributed by atoms with Gasteiger partial charge in [0.25, 0.3) is 33.7 Å². The highest BCUT2D eigenvalue weighted by Gasteiger charge is 2.52. The molecule has 1 aliphatic carbocycles. The second-order valence-corrected chi connectivity index (χ2v) is 8.52. The molecule has 2 unspecified atom stereocenters. The van der Waals surface area contributed by atoms with Gasteiger partial charge in [-0.2, -0.15) is 8.42 Å². The Balaban J connectivity index is 1.55. The maximum atomic E-state index is 12.3. The van der Waals surface area contributed by atoms with Crippen LogP contribution in [0.5, 0.6) is 0 Å². The summed E-state index contributed by atoms with van der Waals surface area (Å²) in [5, 5.41) is -0.463. The predicted molar refractivity (Wildman–Crippen MR) is 89.7 cm³/mol.